The highest BCUT2D eigenvalue weighted by atomic mass is 16.3. The highest BCUT2D eigenvalue weighted by Gasteiger charge is 2.17. The Morgan fingerprint density at radius 1 is 0.769 bits per heavy atom. The lowest BCUT2D eigenvalue weighted by Gasteiger charge is -2.37. The zero-order valence-corrected chi connectivity index (χ0v) is 14.3. The van der Waals surface area contributed by atoms with Gasteiger partial charge in [0.25, 0.3) is 0 Å². The molecule has 1 N–H and O–H groups in total. The van der Waals surface area contributed by atoms with Crippen LogP contribution in [0.2, 0.25) is 0 Å². The lowest BCUT2D eigenvalue weighted by Crippen LogP contribution is -2.46. The van der Waals surface area contributed by atoms with Gasteiger partial charge in [0.05, 0.1) is 6.20 Å². The van der Waals surface area contributed by atoms with Gasteiger partial charge in [0.2, 0.25) is 5.43 Å². The van der Waals surface area contributed by atoms with Gasteiger partial charge in [-0.1, -0.05) is 0 Å². The number of benzene rings is 1. The van der Waals surface area contributed by atoms with E-state index in [2.05, 4.69) is 26.9 Å². The third kappa shape index (κ3) is 3.26. The second kappa shape index (κ2) is 6.92. The Labute approximate surface area is 151 Å². The molecule has 0 amide bonds. The number of nitrogens with zero attached hydrogens (tertiary/aromatic N) is 4. The van der Waals surface area contributed by atoms with Gasteiger partial charge in [-0.3, -0.25) is 9.78 Å². The monoisotopic (exact) mass is 348 g/mol. The van der Waals surface area contributed by atoms with Gasteiger partial charge in [-0.25, -0.2) is 0 Å². The van der Waals surface area contributed by atoms with Crippen molar-refractivity contribution in [1.29, 1.82) is 0 Å². The molecule has 2 aromatic heterocycles. The van der Waals surface area contributed by atoms with Crippen LogP contribution >= 0.6 is 0 Å². The standard InChI is InChI=1S/C20H20N4O2/c25-19-7-10-24(15-20(19)26)17-3-1-16(2-4-17)22-11-13-23(14-12-22)18-5-8-21-9-6-18/h1-10,15,26H,11-14H2. The van der Waals surface area contributed by atoms with Crippen LogP contribution in [0.4, 0.5) is 11.4 Å². The Hall–Kier alpha value is -3.28. The molecule has 3 aromatic rings. The summed E-state index contributed by atoms with van der Waals surface area (Å²) in [5, 5.41) is 9.59. The van der Waals surface area contributed by atoms with Crippen molar-refractivity contribution in [3.8, 4) is 11.4 Å². The Morgan fingerprint density at radius 2 is 1.31 bits per heavy atom. The maximum absolute atomic E-state index is 11.3. The van der Waals surface area contributed by atoms with Crippen LogP contribution in [0, 0.1) is 0 Å². The zero-order chi connectivity index (χ0) is 17.9. The lowest BCUT2D eigenvalue weighted by atomic mass is 10.2. The van der Waals surface area contributed by atoms with Crippen LogP contribution < -0.4 is 15.2 Å². The number of hydrogen-bond acceptors (Lipinski definition) is 5. The van der Waals surface area contributed by atoms with Crippen LogP contribution in [0.15, 0.2) is 72.0 Å². The SMILES string of the molecule is O=c1ccn(-c2ccc(N3CCN(c4ccncc4)CC3)cc2)cc1O. The molecule has 3 heterocycles. The minimum atomic E-state index is -0.370. The van der Waals surface area contributed by atoms with Crippen LogP contribution in [0.3, 0.4) is 0 Å². The number of aromatic nitrogens is 2. The molecule has 0 unspecified atom stereocenters. The van der Waals surface area contributed by atoms with E-state index in [-0.39, 0.29) is 11.2 Å². The van der Waals surface area contributed by atoms with E-state index in [9.17, 15) is 9.90 Å². The maximum Gasteiger partial charge on any atom is 0.223 e. The van der Waals surface area contributed by atoms with Gasteiger partial charge in [-0.05, 0) is 36.4 Å². The van der Waals surface area contributed by atoms with Gasteiger partial charge < -0.3 is 19.5 Å². The molecule has 1 aliphatic rings. The lowest BCUT2D eigenvalue weighted by molar-refractivity contribution is 0.465. The van der Waals surface area contributed by atoms with E-state index in [0.717, 1.165) is 31.9 Å². The fraction of sp³-hybridized carbons (Fsp3) is 0.200. The second-order valence-electron chi connectivity index (χ2n) is 6.30. The molecule has 1 aromatic carbocycles. The number of hydrogen-bond donors (Lipinski definition) is 1. The van der Waals surface area contributed by atoms with Crippen molar-refractivity contribution in [2.45, 2.75) is 0 Å². The summed E-state index contributed by atoms with van der Waals surface area (Å²) in [7, 11) is 0. The molecular formula is C20H20N4O2. The van der Waals surface area contributed by atoms with Crippen molar-refractivity contribution in [2.75, 3.05) is 36.0 Å². The normalized spacial score (nSPS) is 14.5. The number of pyridine rings is 2. The first kappa shape index (κ1) is 16.2. The van der Waals surface area contributed by atoms with E-state index in [1.165, 1.54) is 23.6 Å². The van der Waals surface area contributed by atoms with E-state index < -0.39 is 0 Å². The first-order chi connectivity index (χ1) is 12.7. The topological polar surface area (TPSA) is 61.6 Å². The molecule has 26 heavy (non-hydrogen) atoms. The molecule has 1 saturated heterocycles. The Bertz CT molecular complexity index is 930. The average molecular weight is 348 g/mol. The Balaban J connectivity index is 1.45. The summed E-state index contributed by atoms with van der Waals surface area (Å²) in [6.07, 6.45) is 6.75. The molecule has 132 valence electrons. The zero-order valence-electron chi connectivity index (χ0n) is 14.3. The number of aromatic hydroxyl groups is 1. The highest BCUT2D eigenvalue weighted by molar-refractivity contribution is 5.54. The summed E-state index contributed by atoms with van der Waals surface area (Å²) in [4.78, 5) is 20.1. The second-order valence-corrected chi connectivity index (χ2v) is 6.30. The summed E-state index contributed by atoms with van der Waals surface area (Å²) < 4.78 is 1.74. The quantitative estimate of drug-likeness (QED) is 0.787. The molecule has 0 saturated carbocycles. The highest BCUT2D eigenvalue weighted by Crippen LogP contribution is 2.21. The molecule has 4 rings (SSSR count). The summed E-state index contributed by atoms with van der Waals surface area (Å²) in [5.41, 5.74) is 2.92. The Kier molecular flexibility index (Phi) is 4.31. The van der Waals surface area contributed by atoms with Crippen LogP contribution in [-0.2, 0) is 0 Å². The van der Waals surface area contributed by atoms with Crippen molar-refractivity contribution in [3.05, 3.63) is 77.5 Å². The molecule has 6 heteroatoms. The minimum absolute atomic E-state index is 0.246. The predicted octanol–water partition coefficient (Wildman–Crippen LogP) is 2.26. The molecule has 0 bridgehead atoms. The maximum atomic E-state index is 11.3. The molecular weight excluding hydrogens is 328 g/mol. The first-order valence-corrected chi connectivity index (χ1v) is 8.62. The van der Waals surface area contributed by atoms with Crippen LogP contribution in [0.5, 0.6) is 5.75 Å². The first-order valence-electron chi connectivity index (χ1n) is 8.62. The molecule has 0 spiro atoms. The minimum Gasteiger partial charge on any atom is -0.503 e. The van der Waals surface area contributed by atoms with Crippen LogP contribution in [0.25, 0.3) is 5.69 Å². The Morgan fingerprint density at radius 3 is 1.88 bits per heavy atom. The van der Waals surface area contributed by atoms with Gasteiger partial charge in [-0.2, -0.15) is 0 Å². The van der Waals surface area contributed by atoms with E-state index >= 15 is 0 Å². The molecule has 1 aliphatic heterocycles. The van der Waals surface area contributed by atoms with Gasteiger partial charge in [0.15, 0.2) is 5.75 Å². The third-order valence-corrected chi connectivity index (χ3v) is 4.72. The van der Waals surface area contributed by atoms with Gasteiger partial charge >= 0.3 is 0 Å². The molecule has 0 atom stereocenters. The number of anilines is 2. The van der Waals surface area contributed by atoms with E-state index in [4.69, 9.17) is 0 Å². The summed E-state index contributed by atoms with van der Waals surface area (Å²) >= 11 is 0. The van der Waals surface area contributed by atoms with Gasteiger partial charge in [0.1, 0.15) is 0 Å². The average Bonchev–Trinajstić information content (AvgIpc) is 2.71. The smallest absolute Gasteiger partial charge is 0.223 e. The molecule has 1 fully saturated rings. The van der Waals surface area contributed by atoms with Crippen molar-refractivity contribution in [2.24, 2.45) is 0 Å². The summed E-state index contributed by atoms with van der Waals surface area (Å²) in [6, 6.07) is 13.6. The van der Waals surface area contributed by atoms with Crippen LogP contribution in [-0.4, -0.2) is 40.8 Å². The summed E-state index contributed by atoms with van der Waals surface area (Å²) in [5.74, 6) is -0.246. The van der Waals surface area contributed by atoms with E-state index in [1.54, 1.807) is 10.8 Å². The molecule has 0 aliphatic carbocycles. The van der Waals surface area contributed by atoms with Gasteiger partial charge in [-0.15, -0.1) is 0 Å². The fourth-order valence-electron chi connectivity index (χ4n) is 3.25. The van der Waals surface area contributed by atoms with Crippen molar-refractivity contribution >= 4 is 11.4 Å². The molecule has 6 nitrogen and oxygen atoms in total. The number of piperazine rings is 1. The predicted molar refractivity (Wildman–Crippen MR) is 102 cm³/mol. The van der Waals surface area contributed by atoms with Crippen LogP contribution in [0.1, 0.15) is 0 Å². The van der Waals surface area contributed by atoms with Crippen molar-refractivity contribution in [3.63, 3.8) is 0 Å². The number of rotatable bonds is 3. The fourth-order valence-corrected chi connectivity index (χ4v) is 3.25. The third-order valence-electron chi connectivity index (χ3n) is 4.72. The van der Waals surface area contributed by atoms with E-state index in [1.807, 2.05) is 36.7 Å². The van der Waals surface area contributed by atoms with E-state index in [0.29, 0.717) is 0 Å². The van der Waals surface area contributed by atoms with Crippen molar-refractivity contribution < 1.29 is 5.11 Å². The van der Waals surface area contributed by atoms with Gasteiger partial charge in [0, 0.05) is 67.9 Å². The largest absolute Gasteiger partial charge is 0.503 e. The molecule has 0 radical (unpaired) electrons. The van der Waals surface area contributed by atoms with Crippen molar-refractivity contribution in [1.82, 2.24) is 9.55 Å². The summed E-state index contributed by atoms with van der Waals surface area (Å²) in [6.45, 7) is 3.86.